The molecule has 1 heterocycles. The highest BCUT2D eigenvalue weighted by atomic mass is 16.5. The van der Waals surface area contributed by atoms with E-state index in [1.807, 2.05) is 18.2 Å². The summed E-state index contributed by atoms with van der Waals surface area (Å²) in [7, 11) is 0. The Morgan fingerprint density at radius 2 is 1.65 bits per heavy atom. The third kappa shape index (κ3) is 4.05. The van der Waals surface area contributed by atoms with E-state index >= 15 is 0 Å². The van der Waals surface area contributed by atoms with E-state index in [2.05, 4.69) is 52.8 Å². The number of pyridine rings is 1. The molecule has 1 N–H and O–H groups in total. The van der Waals surface area contributed by atoms with Crippen LogP contribution >= 0.6 is 0 Å². The van der Waals surface area contributed by atoms with Crippen LogP contribution in [0, 0.1) is 0 Å². The molecule has 0 spiro atoms. The molecule has 3 heteroatoms. The lowest BCUT2D eigenvalue weighted by Crippen LogP contribution is -2.08. The Labute approximate surface area is 155 Å². The van der Waals surface area contributed by atoms with Crippen molar-refractivity contribution < 1.29 is 4.74 Å². The molecule has 0 aliphatic heterocycles. The molecule has 3 nitrogen and oxygen atoms in total. The number of benzene rings is 2. The van der Waals surface area contributed by atoms with Gasteiger partial charge in [0.2, 0.25) is 0 Å². The third-order valence-corrected chi connectivity index (χ3v) is 4.90. The number of fused-ring (bicyclic) bond motifs is 2. The predicted octanol–water partition coefficient (Wildman–Crippen LogP) is 4.65. The number of ether oxygens (including phenoxy) is 1. The summed E-state index contributed by atoms with van der Waals surface area (Å²) in [6.07, 6.45) is 5.98. The molecule has 0 bridgehead atoms. The van der Waals surface area contributed by atoms with Crippen LogP contribution in [0.4, 0.5) is 5.82 Å². The molecular formula is C23H24N2O. The molecule has 0 unspecified atom stereocenters. The topological polar surface area (TPSA) is 34.1 Å². The monoisotopic (exact) mass is 344 g/mol. The van der Waals surface area contributed by atoms with Gasteiger partial charge in [-0.25, -0.2) is 4.98 Å². The lowest BCUT2D eigenvalue weighted by Gasteiger charge is -2.11. The summed E-state index contributed by atoms with van der Waals surface area (Å²) in [6, 6.07) is 21.2. The van der Waals surface area contributed by atoms with E-state index in [0.717, 1.165) is 43.8 Å². The quantitative estimate of drug-likeness (QED) is 0.661. The van der Waals surface area contributed by atoms with Gasteiger partial charge >= 0.3 is 0 Å². The molecule has 2 aromatic carbocycles. The van der Waals surface area contributed by atoms with Crippen molar-refractivity contribution in [1.82, 2.24) is 4.98 Å². The summed E-state index contributed by atoms with van der Waals surface area (Å²) in [6.45, 7) is 1.56. The van der Waals surface area contributed by atoms with Gasteiger partial charge in [-0.3, -0.25) is 0 Å². The second kappa shape index (κ2) is 8.05. The van der Waals surface area contributed by atoms with Crippen LogP contribution in [-0.2, 0) is 19.3 Å². The highest BCUT2D eigenvalue weighted by molar-refractivity contribution is 5.43. The van der Waals surface area contributed by atoms with E-state index in [0.29, 0.717) is 6.61 Å². The molecule has 1 aromatic heterocycles. The first-order chi connectivity index (χ1) is 12.9. The molecule has 0 amide bonds. The molecule has 0 fully saturated rings. The summed E-state index contributed by atoms with van der Waals surface area (Å²) < 4.78 is 5.98. The second-order valence-electron chi connectivity index (χ2n) is 6.72. The molecule has 0 radical (unpaired) electrons. The van der Waals surface area contributed by atoms with Gasteiger partial charge in [-0.05, 0) is 72.2 Å². The third-order valence-electron chi connectivity index (χ3n) is 4.90. The van der Waals surface area contributed by atoms with Crippen molar-refractivity contribution >= 4 is 5.82 Å². The van der Waals surface area contributed by atoms with Gasteiger partial charge in [0.25, 0.3) is 0 Å². The number of aryl methyl sites for hydroxylation is 2. The SMILES string of the molecule is c1ccc(NCCCOc2ccc3c(c2)Cc2ccccc2CC3)nc1. The smallest absolute Gasteiger partial charge is 0.125 e. The maximum absolute atomic E-state index is 5.98. The number of nitrogens with zero attached hydrogens (tertiary/aromatic N) is 1. The number of aromatic nitrogens is 1. The van der Waals surface area contributed by atoms with Crippen LogP contribution < -0.4 is 10.1 Å². The summed E-state index contributed by atoms with van der Waals surface area (Å²) in [5, 5.41) is 3.31. The molecule has 4 rings (SSSR count). The summed E-state index contributed by atoms with van der Waals surface area (Å²) >= 11 is 0. The van der Waals surface area contributed by atoms with E-state index in [1.165, 1.54) is 22.3 Å². The Hall–Kier alpha value is -2.81. The first-order valence-corrected chi connectivity index (χ1v) is 9.35. The highest BCUT2D eigenvalue weighted by Crippen LogP contribution is 2.27. The van der Waals surface area contributed by atoms with Crippen LogP contribution in [0.5, 0.6) is 5.75 Å². The highest BCUT2D eigenvalue weighted by Gasteiger charge is 2.13. The molecule has 132 valence electrons. The minimum atomic E-state index is 0.704. The van der Waals surface area contributed by atoms with Crippen LogP contribution in [0.15, 0.2) is 66.9 Å². The lowest BCUT2D eigenvalue weighted by atomic mass is 10.0. The lowest BCUT2D eigenvalue weighted by molar-refractivity contribution is 0.314. The molecule has 0 saturated carbocycles. The van der Waals surface area contributed by atoms with Crippen molar-refractivity contribution in [2.45, 2.75) is 25.7 Å². The van der Waals surface area contributed by atoms with E-state index in [-0.39, 0.29) is 0 Å². The molecule has 1 aliphatic carbocycles. The number of nitrogens with one attached hydrogen (secondary N) is 1. The van der Waals surface area contributed by atoms with Crippen LogP contribution in [0.25, 0.3) is 0 Å². The maximum atomic E-state index is 5.98. The normalized spacial score (nSPS) is 12.6. The standard InChI is InChI=1S/C23H24N2O/c1-2-7-20-16-21-17-22(12-11-19(21)10-9-18(20)6-1)26-15-5-14-25-23-8-3-4-13-24-23/h1-4,6-8,11-13,17H,5,9-10,14-16H2,(H,24,25). The average molecular weight is 344 g/mol. The van der Waals surface area contributed by atoms with Crippen molar-refractivity contribution in [3.63, 3.8) is 0 Å². The first kappa shape index (κ1) is 16.6. The minimum absolute atomic E-state index is 0.704. The molecular weight excluding hydrogens is 320 g/mol. The zero-order valence-corrected chi connectivity index (χ0v) is 14.9. The Bertz CT molecular complexity index is 861. The van der Waals surface area contributed by atoms with Crippen molar-refractivity contribution in [3.05, 3.63) is 89.1 Å². The Kier molecular flexibility index (Phi) is 5.15. The molecule has 0 saturated heterocycles. The number of hydrogen-bond acceptors (Lipinski definition) is 3. The second-order valence-corrected chi connectivity index (χ2v) is 6.72. The molecule has 3 aromatic rings. The van der Waals surface area contributed by atoms with Gasteiger partial charge in [-0.1, -0.05) is 36.4 Å². The van der Waals surface area contributed by atoms with Crippen LogP contribution in [0.1, 0.15) is 28.7 Å². The molecule has 1 aliphatic rings. The van der Waals surface area contributed by atoms with Crippen LogP contribution in [0.2, 0.25) is 0 Å². The Morgan fingerprint density at radius 3 is 2.50 bits per heavy atom. The Balaban J connectivity index is 1.32. The predicted molar refractivity (Wildman–Crippen MR) is 106 cm³/mol. The Morgan fingerprint density at radius 1 is 0.846 bits per heavy atom. The number of rotatable bonds is 6. The van der Waals surface area contributed by atoms with E-state index < -0.39 is 0 Å². The van der Waals surface area contributed by atoms with Crippen molar-refractivity contribution in [2.75, 3.05) is 18.5 Å². The fourth-order valence-corrected chi connectivity index (χ4v) is 3.49. The van der Waals surface area contributed by atoms with Gasteiger partial charge in [0.05, 0.1) is 6.61 Å². The van der Waals surface area contributed by atoms with Crippen LogP contribution in [-0.4, -0.2) is 18.1 Å². The van der Waals surface area contributed by atoms with Gasteiger partial charge < -0.3 is 10.1 Å². The van der Waals surface area contributed by atoms with Gasteiger partial charge in [0.15, 0.2) is 0 Å². The fraction of sp³-hybridized carbons (Fsp3) is 0.261. The van der Waals surface area contributed by atoms with Gasteiger partial charge in [0, 0.05) is 12.7 Å². The molecule has 26 heavy (non-hydrogen) atoms. The van der Waals surface area contributed by atoms with E-state index in [4.69, 9.17) is 4.74 Å². The zero-order chi connectivity index (χ0) is 17.6. The van der Waals surface area contributed by atoms with E-state index in [9.17, 15) is 0 Å². The van der Waals surface area contributed by atoms with Gasteiger partial charge in [-0.15, -0.1) is 0 Å². The van der Waals surface area contributed by atoms with Gasteiger partial charge in [-0.2, -0.15) is 0 Å². The maximum Gasteiger partial charge on any atom is 0.125 e. The van der Waals surface area contributed by atoms with Crippen molar-refractivity contribution in [2.24, 2.45) is 0 Å². The number of hydrogen-bond donors (Lipinski definition) is 1. The van der Waals surface area contributed by atoms with E-state index in [1.54, 1.807) is 6.20 Å². The minimum Gasteiger partial charge on any atom is -0.494 e. The van der Waals surface area contributed by atoms with Crippen molar-refractivity contribution in [3.8, 4) is 5.75 Å². The zero-order valence-electron chi connectivity index (χ0n) is 14.9. The summed E-state index contributed by atoms with van der Waals surface area (Å²) in [5.41, 5.74) is 5.78. The number of anilines is 1. The van der Waals surface area contributed by atoms with Gasteiger partial charge in [0.1, 0.15) is 11.6 Å². The molecule has 0 atom stereocenters. The summed E-state index contributed by atoms with van der Waals surface area (Å²) in [4.78, 5) is 4.26. The van der Waals surface area contributed by atoms with Crippen LogP contribution in [0.3, 0.4) is 0 Å². The average Bonchev–Trinajstić information content (AvgIpc) is 2.87. The fourth-order valence-electron chi connectivity index (χ4n) is 3.49. The largest absolute Gasteiger partial charge is 0.494 e. The first-order valence-electron chi connectivity index (χ1n) is 9.35. The van der Waals surface area contributed by atoms with Crippen molar-refractivity contribution in [1.29, 1.82) is 0 Å². The summed E-state index contributed by atoms with van der Waals surface area (Å²) in [5.74, 6) is 1.89.